The van der Waals surface area contributed by atoms with E-state index in [1.54, 1.807) is 23.5 Å². The zero-order chi connectivity index (χ0) is 11.4. The van der Waals surface area contributed by atoms with Gasteiger partial charge in [0.15, 0.2) is 0 Å². The van der Waals surface area contributed by atoms with Crippen molar-refractivity contribution >= 4 is 11.3 Å². The molecule has 0 aliphatic carbocycles. The van der Waals surface area contributed by atoms with Crippen LogP contribution in [0.25, 0.3) is 0 Å². The van der Waals surface area contributed by atoms with Gasteiger partial charge in [0.05, 0.1) is 0 Å². The minimum atomic E-state index is -0.178. The van der Waals surface area contributed by atoms with Crippen molar-refractivity contribution in [3.8, 4) is 0 Å². The van der Waals surface area contributed by atoms with Crippen LogP contribution in [0.4, 0.5) is 4.39 Å². The average Bonchev–Trinajstić information content (AvgIpc) is 2.78. The summed E-state index contributed by atoms with van der Waals surface area (Å²) in [4.78, 5) is 1.29. The van der Waals surface area contributed by atoms with E-state index in [0.717, 1.165) is 12.1 Å². The van der Waals surface area contributed by atoms with Gasteiger partial charge in [-0.1, -0.05) is 18.2 Å². The summed E-state index contributed by atoms with van der Waals surface area (Å²) in [6, 6.07) is 11.0. The Morgan fingerprint density at radius 2 is 2.19 bits per heavy atom. The maximum Gasteiger partial charge on any atom is 0.123 e. The van der Waals surface area contributed by atoms with Gasteiger partial charge in [0.2, 0.25) is 0 Å². The van der Waals surface area contributed by atoms with Crippen LogP contribution in [0.1, 0.15) is 23.4 Å². The molecule has 1 aromatic carbocycles. The molecule has 1 atom stereocenters. The normalized spacial score (nSPS) is 12.6. The summed E-state index contributed by atoms with van der Waals surface area (Å²) in [6.07, 6.45) is 0. The van der Waals surface area contributed by atoms with Gasteiger partial charge < -0.3 is 5.32 Å². The lowest BCUT2D eigenvalue weighted by Crippen LogP contribution is -2.17. The fraction of sp³-hybridized carbons (Fsp3) is 0.231. The van der Waals surface area contributed by atoms with Crippen LogP contribution < -0.4 is 5.32 Å². The Morgan fingerprint density at radius 3 is 2.88 bits per heavy atom. The number of thiophene rings is 1. The molecule has 1 heterocycles. The molecule has 1 aromatic heterocycles. The van der Waals surface area contributed by atoms with Crippen LogP contribution in [-0.4, -0.2) is 0 Å². The Kier molecular flexibility index (Phi) is 3.70. The van der Waals surface area contributed by atoms with Gasteiger partial charge in [-0.05, 0) is 36.1 Å². The molecule has 0 saturated heterocycles. The Labute approximate surface area is 98.9 Å². The first-order valence-corrected chi connectivity index (χ1v) is 6.15. The highest BCUT2D eigenvalue weighted by Gasteiger charge is 2.05. The largest absolute Gasteiger partial charge is 0.305 e. The number of hydrogen-bond donors (Lipinski definition) is 1. The maximum absolute atomic E-state index is 13.0. The molecular weight excluding hydrogens is 221 g/mol. The predicted octanol–water partition coefficient (Wildman–Crippen LogP) is 3.74. The van der Waals surface area contributed by atoms with Crippen molar-refractivity contribution in [1.82, 2.24) is 5.32 Å². The summed E-state index contributed by atoms with van der Waals surface area (Å²) in [5, 5.41) is 5.43. The van der Waals surface area contributed by atoms with Crippen LogP contribution in [0, 0.1) is 5.82 Å². The molecule has 1 N–H and O–H groups in total. The van der Waals surface area contributed by atoms with Gasteiger partial charge in [-0.15, -0.1) is 11.3 Å². The van der Waals surface area contributed by atoms with E-state index in [4.69, 9.17) is 0 Å². The van der Waals surface area contributed by atoms with E-state index in [0.29, 0.717) is 0 Å². The molecule has 3 heteroatoms. The quantitative estimate of drug-likeness (QED) is 0.851. The van der Waals surface area contributed by atoms with Crippen LogP contribution in [0.15, 0.2) is 41.8 Å². The monoisotopic (exact) mass is 235 g/mol. The zero-order valence-corrected chi connectivity index (χ0v) is 9.93. The number of benzene rings is 1. The summed E-state index contributed by atoms with van der Waals surface area (Å²) in [7, 11) is 0. The van der Waals surface area contributed by atoms with Gasteiger partial charge in [-0.2, -0.15) is 0 Å². The maximum atomic E-state index is 13.0. The second kappa shape index (κ2) is 5.23. The zero-order valence-electron chi connectivity index (χ0n) is 9.11. The van der Waals surface area contributed by atoms with Crippen molar-refractivity contribution in [2.24, 2.45) is 0 Å². The topological polar surface area (TPSA) is 12.0 Å². The predicted molar refractivity (Wildman–Crippen MR) is 66.0 cm³/mol. The van der Waals surface area contributed by atoms with E-state index in [-0.39, 0.29) is 11.9 Å². The molecule has 0 fully saturated rings. The van der Waals surface area contributed by atoms with Crippen molar-refractivity contribution in [3.05, 3.63) is 58.0 Å². The van der Waals surface area contributed by atoms with Gasteiger partial charge in [0, 0.05) is 17.5 Å². The Balaban J connectivity index is 1.95. The summed E-state index contributed by atoms with van der Waals surface area (Å²) >= 11 is 1.73. The first-order valence-electron chi connectivity index (χ1n) is 5.27. The van der Waals surface area contributed by atoms with Gasteiger partial charge in [0.25, 0.3) is 0 Å². The van der Waals surface area contributed by atoms with Gasteiger partial charge >= 0.3 is 0 Å². The Hall–Kier alpha value is -1.19. The molecule has 0 unspecified atom stereocenters. The molecule has 16 heavy (non-hydrogen) atoms. The first kappa shape index (κ1) is 11.3. The standard InChI is InChI=1S/C13H14FNS/c1-10(11-4-2-5-12(14)8-11)15-9-13-6-3-7-16-13/h2-8,10,15H,9H2,1H3/t10-/m1/s1. The van der Waals surface area contributed by atoms with Crippen LogP contribution in [-0.2, 0) is 6.54 Å². The third-order valence-electron chi connectivity index (χ3n) is 2.51. The van der Waals surface area contributed by atoms with Crippen molar-refractivity contribution < 1.29 is 4.39 Å². The van der Waals surface area contributed by atoms with Gasteiger partial charge in [-0.25, -0.2) is 4.39 Å². The molecule has 0 radical (unpaired) electrons. The molecule has 0 saturated carbocycles. The van der Waals surface area contributed by atoms with E-state index in [1.165, 1.54) is 10.9 Å². The molecule has 0 aliphatic rings. The third-order valence-corrected chi connectivity index (χ3v) is 3.39. The van der Waals surface area contributed by atoms with Gasteiger partial charge in [0.1, 0.15) is 5.82 Å². The number of halogens is 1. The highest BCUT2D eigenvalue weighted by Crippen LogP contribution is 2.15. The molecule has 2 rings (SSSR count). The van der Waals surface area contributed by atoms with E-state index in [9.17, 15) is 4.39 Å². The second-order valence-corrected chi connectivity index (χ2v) is 4.77. The number of hydrogen-bond acceptors (Lipinski definition) is 2. The molecule has 0 bridgehead atoms. The van der Waals surface area contributed by atoms with Crippen molar-refractivity contribution in [1.29, 1.82) is 0 Å². The minimum absolute atomic E-state index is 0.165. The van der Waals surface area contributed by atoms with Crippen LogP contribution in [0.5, 0.6) is 0 Å². The number of nitrogens with one attached hydrogen (secondary N) is 1. The molecule has 0 aliphatic heterocycles. The van der Waals surface area contributed by atoms with Crippen LogP contribution in [0.2, 0.25) is 0 Å². The molecule has 84 valence electrons. The molecule has 2 aromatic rings. The smallest absolute Gasteiger partial charge is 0.123 e. The van der Waals surface area contributed by atoms with Crippen molar-refractivity contribution in [2.45, 2.75) is 19.5 Å². The lowest BCUT2D eigenvalue weighted by Gasteiger charge is -2.13. The van der Waals surface area contributed by atoms with E-state index in [1.807, 2.05) is 19.1 Å². The fourth-order valence-electron chi connectivity index (χ4n) is 1.56. The lowest BCUT2D eigenvalue weighted by molar-refractivity contribution is 0.568. The summed E-state index contributed by atoms with van der Waals surface area (Å²) in [5.41, 5.74) is 0.983. The summed E-state index contributed by atoms with van der Waals surface area (Å²) in [5.74, 6) is -0.178. The number of rotatable bonds is 4. The highest BCUT2D eigenvalue weighted by molar-refractivity contribution is 7.09. The highest BCUT2D eigenvalue weighted by atomic mass is 32.1. The minimum Gasteiger partial charge on any atom is -0.305 e. The van der Waals surface area contributed by atoms with Gasteiger partial charge in [-0.3, -0.25) is 0 Å². The third kappa shape index (κ3) is 2.90. The molecule has 0 spiro atoms. The van der Waals surface area contributed by atoms with E-state index in [2.05, 4.69) is 16.8 Å². The Bertz CT molecular complexity index is 439. The summed E-state index contributed by atoms with van der Waals surface area (Å²) < 4.78 is 13.0. The van der Waals surface area contributed by atoms with E-state index < -0.39 is 0 Å². The van der Waals surface area contributed by atoms with E-state index >= 15 is 0 Å². The van der Waals surface area contributed by atoms with Crippen molar-refractivity contribution in [3.63, 3.8) is 0 Å². The van der Waals surface area contributed by atoms with Crippen LogP contribution >= 0.6 is 11.3 Å². The first-order chi connectivity index (χ1) is 7.75. The molecule has 1 nitrogen and oxygen atoms in total. The fourth-order valence-corrected chi connectivity index (χ4v) is 2.22. The van der Waals surface area contributed by atoms with Crippen LogP contribution in [0.3, 0.4) is 0 Å². The SMILES string of the molecule is C[C@@H](NCc1cccs1)c1cccc(F)c1. The molecular formula is C13H14FNS. The average molecular weight is 235 g/mol. The lowest BCUT2D eigenvalue weighted by atomic mass is 10.1. The second-order valence-electron chi connectivity index (χ2n) is 3.74. The summed E-state index contributed by atoms with van der Waals surface area (Å²) in [6.45, 7) is 2.87. The Morgan fingerprint density at radius 1 is 1.31 bits per heavy atom. The molecule has 0 amide bonds. The van der Waals surface area contributed by atoms with Crippen molar-refractivity contribution in [2.75, 3.05) is 0 Å².